The van der Waals surface area contributed by atoms with Crippen molar-refractivity contribution in [2.24, 2.45) is 0 Å². The van der Waals surface area contributed by atoms with Gasteiger partial charge >= 0.3 is 0 Å². The number of anilines is 1. The summed E-state index contributed by atoms with van der Waals surface area (Å²) in [6, 6.07) is 1.59. The molecule has 100 valence electrons. The third kappa shape index (κ3) is 3.99. The fourth-order valence-electron chi connectivity index (χ4n) is 1.33. The minimum atomic E-state index is -3.08. The van der Waals surface area contributed by atoms with Gasteiger partial charge in [-0.25, -0.2) is 8.42 Å². The van der Waals surface area contributed by atoms with Gasteiger partial charge in [-0.15, -0.1) is 0 Å². The lowest BCUT2D eigenvalue weighted by Gasteiger charge is -2.07. The molecule has 3 N–H and O–H groups in total. The minimum absolute atomic E-state index is 0.0666. The summed E-state index contributed by atoms with van der Waals surface area (Å²) in [6.45, 7) is 3.41. The van der Waals surface area contributed by atoms with Gasteiger partial charge in [-0.05, 0) is 13.0 Å². The first-order valence-corrected chi connectivity index (χ1v) is 7.38. The summed E-state index contributed by atoms with van der Waals surface area (Å²) in [4.78, 5) is 15.7. The van der Waals surface area contributed by atoms with Crippen molar-refractivity contribution in [3.63, 3.8) is 0 Å². The van der Waals surface area contributed by atoms with Gasteiger partial charge in [0.05, 0.1) is 11.3 Å². The number of hydrogen-bond donors (Lipinski definition) is 2. The molecule has 1 amide bonds. The summed E-state index contributed by atoms with van der Waals surface area (Å²) < 4.78 is 22.5. The van der Waals surface area contributed by atoms with E-state index in [-0.39, 0.29) is 23.6 Å². The fraction of sp³-hybridized carbons (Fsp3) is 0.455. The number of sulfone groups is 1. The molecule has 18 heavy (non-hydrogen) atoms. The third-order valence-corrected chi connectivity index (χ3v) is 4.16. The predicted molar refractivity (Wildman–Crippen MR) is 70.0 cm³/mol. The first-order valence-electron chi connectivity index (χ1n) is 5.56. The lowest BCUT2D eigenvalue weighted by Crippen LogP contribution is -2.30. The molecule has 0 unspecified atom stereocenters. The summed E-state index contributed by atoms with van der Waals surface area (Å²) in [5, 5.41) is 2.51. The average Bonchev–Trinajstić information content (AvgIpc) is 2.28. The largest absolute Gasteiger partial charge is 0.398 e. The number of rotatable bonds is 5. The van der Waals surface area contributed by atoms with Crippen molar-refractivity contribution in [2.75, 3.05) is 23.8 Å². The van der Waals surface area contributed by atoms with Crippen molar-refractivity contribution in [1.29, 1.82) is 0 Å². The Morgan fingerprint density at radius 2 is 2.17 bits per heavy atom. The number of nitrogens with zero attached hydrogens (tertiary/aromatic N) is 1. The van der Waals surface area contributed by atoms with Gasteiger partial charge in [0.15, 0.2) is 9.84 Å². The first-order chi connectivity index (χ1) is 8.35. The SMILES string of the molecule is CCS(=O)(=O)CCNC(=O)c1cnc(C)cc1N. The lowest BCUT2D eigenvalue weighted by molar-refractivity contribution is 0.0956. The molecule has 0 aliphatic rings. The van der Waals surface area contributed by atoms with E-state index in [2.05, 4.69) is 10.3 Å². The van der Waals surface area contributed by atoms with Crippen LogP contribution in [-0.4, -0.2) is 37.4 Å². The first kappa shape index (κ1) is 14.4. The van der Waals surface area contributed by atoms with Gasteiger partial charge in [0, 0.05) is 29.9 Å². The van der Waals surface area contributed by atoms with Gasteiger partial charge < -0.3 is 11.1 Å². The number of aromatic nitrogens is 1. The Morgan fingerprint density at radius 1 is 1.50 bits per heavy atom. The zero-order valence-corrected chi connectivity index (χ0v) is 11.3. The van der Waals surface area contributed by atoms with E-state index >= 15 is 0 Å². The van der Waals surface area contributed by atoms with Crippen molar-refractivity contribution >= 4 is 21.4 Å². The number of carbonyl (C=O) groups excluding carboxylic acids is 1. The van der Waals surface area contributed by atoms with Gasteiger partial charge in [-0.1, -0.05) is 6.92 Å². The Kier molecular flexibility index (Phi) is 4.66. The summed E-state index contributed by atoms with van der Waals surface area (Å²) >= 11 is 0. The van der Waals surface area contributed by atoms with Crippen LogP contribution in [0.5, 0.6) is 0 Å². The van der Waals surface area contributed by atoms with E-state index in [1.807, 2.05) is 0 Å². The van der Waals surface area contributed by atoms with E-state index in [1.54, 1.807) is 19.9 Å². The Bertz CT molecular complexity index is 540. The monoisotopic (exact) mass is 271 g/mol. The Balaban J connectivity index is 2.61. The molecule has 7 heteroatoms. The van der Waals surface area contributed by atoms with Crippen LogP contribution in [0.15, 0.2) is 12.3 Å². The van der Waals surface area contributed by atoms with Crippen LogP contribution < -0.4 is 11.1 Å². The number of aryl methyl sites for hydroxylation is 1. The summed E-state index contributed by atoms with van der Waals surface area (Å²) in [5.41, 5.74) is 7.00. The minimum Gasteiger partial charge on any atom is -0.398 e. The van der Waals surface area contributed by atoms with Gasteiger partial charge in [0.25, 0.3) is 5.91 Å². The van der Waals surface area contributed by atoms with E-state index < -0.39 is 15.7 Å². The third-order valence-electron chi connectivity index (χ3n) is 2.46. The molecular formula is C11H17N3O3S. The van der Waals surface area contributed by atoms with Gasteiger partial charge in [-0.2, -0.15) is 0 Å². The quantitative estimate of drug-likeness (QED) is 0.793. The van der Waals surface area contributed by atoms with Crippen LogP contribution >= 0.6 is 0 Å². The van der Waals surface area contributed by atoms with Crippen LogP contribution in [0.3, 0.4) is 0 Å². The topological polar surface area (TPSA) is 102 Å². The Labute approximate surface area is 107 Å². The molecule has 0 aliphatic carbocycles. The fourth-order valence-corrected chi connectivity index (χ4v) is 2.03. The molecule has 1 rings (SSSR count). The van der Waals surface area contributed by atoms with Gasteiger partial charge in [0.2, 0.25) is 0 Å². The molecule has 0 saturated heterocycles. The maximum atomic E-state index is 11.7. The van der Waals surface area contributed by atoms with Crippen molar-refractivity contribution in [2.45, 2.75) is 13.8 Å². The molecule has 0 bridgehead atoms. The van der Waals surface area contributed by atoms with E-state index in [0.29, 0.717) is 5.69 Å². The zero-order chi connectivity index (χ0) is 13.8. The Morgan fingerprint density at radius 3 is 2.72 bits per heavy atom. The number of amides is 1. The van der Waals surface area contributed by atoms with E-state index in [0.717, 1.165) is 5.69 Å². The summed E-state index contributed by atoms with van der Waals surface area (Å²) in [7, 11) is -3.08. The zero-order valence-electron chi connectivity index (χ0n) is 10.4. The summed E-state index contributed by atoms with van der Waals surface area (Å²) in [5.74, 6) is -0.419. The lowest BCUT2D eigenvalue weighted by atomic mass is 10.2. The normalized spacial score (nSPS) is 11.2. The van der Waals surface area contributed by atoms with Crippen LogP contribution in [0.1, 0.15) is 23.0 Å². The van der Waals surface area contributed by atoms with Gasteiger partial charge in [0.1, 0.15) is 0 Å². The highest BCUT2D eigenvalue weighted by molar-refractivity contribution is 7.91. The maximum Gasteiger partial charge on any atom is 0.254 e. The number of carbonyl (C=O) groups is 1. The molecule has 0 aliphatic heterocycles. The molecule has 0 aromatic carbocycles. The molecule has 0 spiro atoms. The van der Waals surface area contributed by atoms with Crippen LogP contribution in [-0.2, 0) is 9.84 Å². The molecule has 0 radical (unpaired) electrons. The molecule has 0 fully saturated rings. The highest BCUT2D eigenvalue weighted by Crippen LogP contribution is 2.10. The number of hydrogen-bond acceptors (Lipinski definition) is 5. The van der Waals surface area contributed by atoms with Gasteiger partial charge in [-0.3, -0.25) is 9.78 Å². The molecule has 1 aromatic rings. The molecule has 0 atom stereocenters. The van der Waals surface area contributed by atoms with Crippen molar-refractivity contribution < 1.29 is 13.2 Å². The molecule has 6 nitrogen and oxygen atoms in total. The standard InChI is InChI=1S/C11H17N3O3S/c1-3-18(16,17)5-4-13-11(15)9-7-14-8(2)6-10(9)12/h6-7H,3-5H2,1-2H3,(H2,12,14)(H,13,15). The number of nitrogen functional groups attached to an aromatic ring is 1. The van der Waals surface area contributed by atoms with Crippen LogP contribution in [0.25, 0.3) is 0 Å². The van der Waals surface area contributed by atoms with Crippen LogP contribution in [0.4, 0.5) is 5.69 Å². The van der Waals surface area contributed by atoms with Crippen molar-refractivity contribution in [1.82, 2.24) is 10.3 Å². The average molecular weight is 271 g/mol. The predicted octanol–water partition coefficient (Wildman–Crippen LogP) is 0.137. The van der Waals surface area contributed by atoms with E-state index in [9.17, 15) is 13.2 Å². The molecular weight excluding hydrogens is 254 g/mol. The van der Waals surface area contributed by atoms with Crippen LogP contribution in [0, 0.1) is 6.92 Å². The van der Waals surface area contributed by atoms with E-state index in [4.69, 9.17) is 5.73 Å². The maximum absolute atomic E-state index is 11.7. The highest BCUT2D eigenvalue weighted by atomic mass is 32.2. The molecule has 1 heterocycles. The second-order valence-electron chi connectivity index (χ2n) is 3.91. The number of nitrogens with one attached hydrogen (secondary N) is 1. The van der Waals surface area contributed by atoms with Crippen molar-refractivity contribution in [3.8, 4) is 0 Å². The van der Waals surface area contributed by atoms with Crippen molar-refractivity contribution in [3.05, 3.63) is 23.5 Å². The number of pyridine rings is 1. The highest BCUT2D eigenvalue weighted by Gasteiger charge is 2.12. The Hall–Kier alpha value is -1.63. The second-order valence-corrected chi connectivity index (χ2v) is 6.38. The molecule has 0 saturated carbocycles. The summed E-state index contributed by atoms with van der Waals surface area (Å²) in [6.07, 6.45) is 1.38. The smallest absolute Gasteiger partial charge is 0.254 e. The second kappa shape index (κ2) is 5.81. The van der Waals surface area contributed by atoms with Crippen LogP contribution in [0.2, 0.25) is 0 Å². The van der Waals surface area contributed by atoms with E-state index in [1.165, 1.54) is 6.20 Å². The number of nitrogens with two attached hydrogens (primary N) is 1. The molecule has 1 aromatic heterocycles.